The van der Waals surface area contributed by atoms with Crippen LogP contribution in [-0.2, 0) is 7.05 Å². The Morgan fingerprint density at radius 1 is 1.26 bits per heavy atom. The Kier molecular flexibility index (Phi) is 8.64. The number of rotatable bonds is 10. The Morgan fingerprint density at radius 3 is 2.67 bits per heavy atom. The molecule has 0 radical (unpaired) electrons. The number of aromatic nitrogens is 2. The van der Waals surface area contributed by atoms with Gasteiger partial charge in [0.25, 0.3) is 0 Å². The Labute approximate surface area is 162 Å². The highest BCUT2D eigenvalue weighted by Gasteiger charge is 2.15. The van der Waals surface area contributed by atoms with Crippen LogP contribution in [0.2, 0.25) is 0 Å². The molecular weight excluding hydrogens is 340 g/mol. The molecule has 0 aliphatic heterocycles. The first-order valence-electron chi connectivity index (χ1n) is 9.45. The molecule has 7 nitrogen and oxygen atoms in total. The zero-order valence-electron chi connectivity index (χ0n) is 16.9. The van der Waals surface area contributed by atoms with E-state index in [1.165, 1.54) is 5.56 Å². The van der Waals surface area contributed by atoms with Crippen molar-refractivity contribution in [3.63, 3.8) is 0 Å². The molecule has 0 aliphatic rings. The number of benzene rings is 1. The van der Waals surface area contributed by atoms with Crippen molar-refractivity contribution in [1.29, 1.82) is 0 Å². The van der Waals surface area contributed by atoms with Gasteiger partial charge in [-0.15, -0.1) is 0 Å². The molecule has 2 N–H and O–H groups in total. The number of aryl methyl sites for hydroxylation is 1. The summed E-state index contributed by atoms with van der Waals surface area (Å²) < 4.78 is 7.55. The van der Waals surface area contributed by atoms with Crippen molar-refractivity contribution >= 4 is 5.96 Å². The fourth-order valence-electron chi connectivity index (χ4n) is 2.68. The van der Waals surface area contributed by atoms with Crippen LogP contribution < -0.4 is 15.4 Å². The Bertz CT molecular complexity index is 683. The number of nitrogens with zero attached hydrogens (tertiary/aromatic N) is 4. The molecule has 27 heavy (non-hydrogen) atoms. The second-order valence-corrected chi connectivity index (χ2v) is 6.59. The lowest BCUT2D eigenvalue weighted by molar-refractivity contribution is 0.305. The van der Waals surface area contributed by atoms with E-state index in [4.69, 9.17) is 9.73 Å². The van der Waals surface area contributed by atoms with Gasteiger partial charge >= 0.3 is 0 Å². The minimum atomic E-state index is 0.190. The third-order valence-electron chi connectivity index (χ3n) is 4.13. The predicted molar refractivity (Wildman–Crippen MR) is 110 cm³/mol. The third-order valence-corrected chi connectivity index (χ3v) is 4.13. The first kappa shape index (κ1) is 20.8. The maximum Gasteiger partial charge on any atom is 0.191 e. The highest BCUT2D eigenvalue weighted by molar-refractivity contribution is 5.79. The fraction of sp³-hybridized carbons (Fsp3) is 0.500. The van der Waals surface area contributed by atoms with Crippen LogP contribution in [0.4, 0.5) is 0 Å². The summed E-state index contributed by atoms with van der Waals surface area (Å²) in [7, 11) is 6.06. The van der Waals surface area contributed by atoms with Gasteiger partial charge in [-0.2, -0.15) is 5.10 Å². The molecule has 0 amide bonds. The van der Waals surface area contributed by atoms with E-state index >= 15 is 0 Å². The van der Waals surface area contributed by atoms with Gasteiger partial charge < -0.3 is 20.3 Å². The van der Waals surface area contributed by atoms with Crippen LogP contribution in [0.3, 0.4) is 0 Å². The van der Waals surface area contributed by atoms with Crippen molar-refractivity contribution in [2.45, 2.75) is 19.4 Å². The second kappa shape index (κ2) is 11.2. The standard InChI is InChI=1S/C20H32N6O/c1-5-21-20(22-12-9-13-27-18-10-7-6-8-11-18)23-15-19(25(2)3)17-14-24-26(4)16-17/h6-8,10-11,14,16,19H,5,9,12-13,15H2,1-4H3,(H2,21,22,23). The van der Waals surface area contributed by atoms with Crippen molar-refractivity contribution in [2.75, 3.05) is 40.3 Å². The van der Waals surface area contributed by atoms with Gasteiger partial charge in [-0.1, -0.05) is 18.2 Å². The van der Waals surface area contributed by atoms with Crippen LogP contribution in [-0.4, -0.2) is 61.0 Å². The van der Waals surface area contributed by atoms with Gasteiger partial charge in [0.2, 0.25) is 0 Å². The number of aliphatic imine (C=N–C) groups is 1. The quantitative estimate of drug-likeness (QED) is 0.380. The number of likely N-dealkylation sites (N-methyl/N-ethyl adjacent to an activating group) is 1. The second-order valence-electron chi connectivity index (χ2n) is 6.59. The van der Waals surface area contributed by atoms with Gasteiger partial charge in [-0.25, -0.2) is 0 Å². The van der Waals surface area contributed by atoms with E-state index in [1.54, 1.807) is 0 Å². The highest BCUT2D eigenvalue weighted by Crippen LogP contribution is 2.17. The largest absolute Gasteiger partial charge is 0.494 e. The molecule has 0 fully saturated rings. The van der Waals surface area contributed by atoms with Gasteiger partial charge in [-0.05, 0) is 39.6 Å². The third kappa shape index (κ3) is 7.30. The van der Waals surface area contributed by atoms with Crippen molar-refractivity contribution in [3.8, 4) is 5.75 Å². The normalized spacial score (nSPS) is 12.9. The van der Waals surface area contributed by atoms with Gasteiger partial charge in [0, 0.05) is 31.9 Å². The minimum Gasteiger partial charge on any atom is -0.494 e. The number of guanidine groups is 1. The summed E-state index contributed by atoms with van der Waals surface area (Å²) in [6.45, 7) is 5.03. The summed E-state index contributed by atoms with van der Waals surface area (Å²) in [6, 6.07) is 10.1. The van der Waals surface area contributed by atoms with Crippen LogP contribution in [0.1, 0.15) is 24.9 Å². The first-order valence-corrected chi connectivity index (χ1v) is 9.45. The molecule has 0 aliphatic carbocycles. The summed E-state index contributed by atoms with van der Waals surface area (Å²) in [6.07, 6.45) is 4.85. The van der Waals surface area contributed by atoms with Crippen molar-refractivity contribution < 1.29 is 4.74 Å². The van der Waals surface area contributed by atoms with Gasteiger partial charge in [0.1, 0.15) is 5.75 Å². The summed E-state index contributed by atoms with van der Waals surface area (Å²) in [5.41, 5.74) is 1.17. The minimum absolute atomic E-state index is 0.190. The van der Waals surface area contributed by atoms with Crippen molar-refractivity contribution in [3.05, 3.63) is 48.3 Å². The first-order chi connectivity index (χ1) is 13.1. The number of hydrogen-bond donors (Lipinski definition) is 2. The monoisotopic (exact) mass is 372 g/mol. The van der Waals surface area contributed by atoms with E-state index < -0.39 is 0 Å². The van der Waals surface area contributed by atoms with Crippen LogP contribution >= 0.6 is 0 Å². The maximum absolute atomic E-state index is 5.72. The Hall–Kier alpha value is -2.54. The molecular formula is C20H32N6O. The lowest BCUT2D eigenvalue weighted by Gasteiger charge is -2.22. The average molecular weight is 373 g/mol. The molecule has 1 aromatic heterocycles. The SMILES string of the molecule is CCNC(=NCC(c1cnn(C)c1)N(C)C)NCCCOc1ccccc1. The number of para-hydroxylation sites is 1. The highest BCUT2D eigenvalue weighted by atomic mass is 16.5. The van der Waals surface area contributed by atoms with E-state index in [9.17, 15) is 0 Å². The Balaban J connectivity index is 1.81. The zero-order valence-corrected chi connectivity index (χ0v) is 16.9. The maximum atomic E-state index is 5.72. The lowest BCUT2D eigenvalue weighted by Crippen LogP contribution is -2.39. The van der Waals surface area contributed by atoms with Crippen molar-refractivity contribution in [1.82, 2.24) is 25.3 Å². The molecule has 1 aromatic carbocycles. The smallest absolute Gasteiger partial charge is 0.191 e. The van der Waals surface area contributed by atoms with E-state index in [-0.39, 0.29) is 6.04 Å². The van der Waals surface area contributed by atoms with Crippen LogP contribution in [0.15, 0.2) is 47.7 Å². The summed E-state index contributed by atoms with van der Waals surface area (Å²) in [5.74, 6) is 1.73. The average Bonchev–Trinajstić information content (AvgIpc) is 3.08. The van der Waals surface area contributed by atoms with E-state index in [1.807, 2.05) is 54.5 Å². The van der Waals surface area contributed by atoms with E-state index in [0.717, 1.165) is 31.2 Å². The molecule has 0 saturated heterocycles. The number of hydrogen-bond acceptors (Lipinski definition) is 4. The lowest BCUT2D eigenvalue weighted by atomic mass is 10.1. The number of ether oxygens (including phenoxy) is 1. The van der Waals surface area contributed by atoms with Gasteiger partial charge in [0.05, 0.1) is 25.4 Å². The summed E-state index contributed by atoms with van der Waals surface area (Å²) in [5, 5.41) is 11.0. The zero-order chi connectivity index (χ0) is 19.5. The Morgan fingerprint density at radius 2 is 2.04 bits per heavy atom. The molecule has 0 saturated carbocycles. The molecule has 1 atom stereocenters. The molecule has 0 bridgehead atoms. The van der Waals surface area contributed by atoms with E-state index in [0.29, 0.717) is 13.2 Å². The molecule has 0 spiro atoms. The van der Waals surface area contributed by atoms with Crippen LogP contribution in [0.5, 0.6) is 5.75 Å². The molecule has 7 heteroatoms. The molecule has 1 heterocycles. The summed E-state index contributed by atoms with van der Waals surface area (Å²) >= 11 is 0. The fourth-order valence-corrected chi connectivity index (χ4v) is 2.68. The van der Waals surface area contributed by atoms with Gasteiger partial charge in [0.15, 0.2) is 5.96 Å². The molecule has 2 aromatic rings. The molecule has 148 valence electrons. The van der Waals surface area contributed by atoms with Crippen LogP contribution in [0.25, 0.3) is 0 Å². The predicted octanol–water partition coefficient (Wildman–Crippen LogP) is 2.05. The topological polar surface area (TPSA) is 66.7 Å². The van der Waals surface area contributed by atoms with Gasteiger partial charge in [-0.3, -0.25) is 9.67 Å². The van der Waals surface area contributed by atoms with E-state index in [2.05, 4.69) is 41.7 Å². The van der Waals surface area contributed by atoms with Crippen LogP contribution in [0, 0.1) is 0 Å². The molecule has 1 unspecified atom stereocenters. The molecule has 2 rings (SSSR count). The van der Waals surface area contributed by atoms with Crippen molar-refractivity contribution in [2.24, 2.45) is 12.0 Å². The summed E-state index contributed by atoms with van der Waals surface area (Å²) in [4.78, 5) is 6.92. The number of nitrogens with one attached hydrogen (secondary N) is 2.